The normalized spacial score (nSPS) is 19.3. The van der Waals surface area contributed by atoms with E-state index in [2.05, 4.69) is 94.6 Å². The molecule has 5 heterocycles. The summed E-state index contributed by atoms with van der Waals surface area (Å²) in [4.78, 5) is 14.9. The molecular weight excluding hydrogens is 848 g/mol. The molecule has 3 aliphatic rings. The second kappa shape index (κ2) is 21.8. The molecule has 7 rings (SSSR count). The Kier molecular flexibility index (Phi) is 16.2. The first-order chi connectivity index (χ1) is 31.2. The summed E-state index contributed by atoms with van der Waals surface area (Å²) >= 11 is 15.4. The monoisotopic (exact) mass is 919 g/mol. The molecule has 4 aromatic rings. The van der Waals surface area contributed by atoms with E-state index in [9.17, 15) is 0 Å². The molecule has 0 amide bonds. The van der Waals surface area contributed by atoms with Gasteiger partial charge in [-0.25, -0.2) is 4.99 Å². The number of hydrogen-bond donors (Lipinski definition) is 2. The first-order valence-electron chi connectivity index (χ1n) is 24.1. The smallest absolute Gasteiger partial charge is 0.181 e. The predicted octanol–water partition coefficient (Wildman–Crippen LogP) is 11.1. The fraction of sp³-hybridized carbons (Fsp3) is 0.455. The lowest BCUT2D eigenvalue weighted by Gasteiger charge is -2.36. The van der Waals surface area contributed by atoms with Crippen molar-refractivity contribution in [2.45, 2.75) is 93.8 Å². The van der Waals surface area contributed by atoms with E-state index in [1.807, 2.05) is 66.8 Å². The average Bonchev–Trinajstić information content (AvgIpc) is 4.11. The lowest BCUT2D eigenvalue weighted by atomic mass is 9.87. The van der Waals surface area contributed by atoms with E-state index >= 15 is 0 Å². The van der Waals surface area contributed by atoms with Gasteiger partial charge in [0.05, 0.1) is 85.2 Å². The number of aliphatic imine (C=N–C) groups is 2. The van der Waals surface area contributed by atoms with Gasteiger partial charge in [-0.1, -0.05) is 101 Å². The van der Waals surface area contributed by atoms with E-state index in [0.29, 0.717) is 12.3 Å². The van der Waals surface area contributed by atoms with Crippen LogP contribution in [0, 0.1) is 0 Å². The molecule has 10 heteroatoms. The van der Waals surface area contributed by atoms with Crippen LogP contribution in [0.2, 0.25) is 0 Å². The standard InChI is InChI=1S/C55H72Cl2N6O2/c1-7-8-9-10-11-12-13-14-15-16-38-64-48-26-19-42(20-27-48)53-50-30-23-44(58-50)40-46-25-32-52(60-46)55(57,54(56)34-33-47(61-54)41-45-24-31-51(53)59-45)43-21-28-49(29-22-43)65-39-18-37-63(5,6)36-17-35-62(2,3)4/h19-34,40-41,59-60H,7-18,35-39H2,1-6H3/q+2. The number of nitrogens with one attached hydrogen (secondary N) is 2. The number of unbranched alkanes of at least 4 members (excludes halogenated alkanes) is 9. The summed E-state index contributed by atoms with van der Waals surface area (Å²) in [5.41, 5.74) is 6.82. The molecule has 2 N–H and O–H groups in total. The Morgan fingerprint density at radius 1 is 0.615 bits per heavy atom. The number of aromatic amines is 2. The van der Waals surface area contributed by atoms with E-state index in [1.54, 1.807) is 0 Å². The Bertz CT molecular complexity index is 2480. The highest BCUT2D eigenvalue weighted by atomic mass is 35.5. The summed E-state index contributed by atoms with van der Waals surface area (Å²) in [6.07, 6.45) is 27.3. The fourth-order valence-electron chi connectivity index (χ4n) is 9.02. The maximum Gasteiger partial charge on any atom is 0.181 e. The summed E-state index contributed by atoms with van der Waals surface area (Å²) in [5, 5.41) is 1.83. The molecule has 0 aliphatic carbocycles. The average molecular weight is 920 g/mol. The van der Waals surface area contributed by atoms with Crippen LogP contribution >= 0.6 is 23.2 Å². The van der Waals surface area contributed by atoms with Crippen molar-refractivity contribution in [3.63, 3.8) is 0 Å². The number of H-pyrrole nitrogens is 2. The van der Waals surface area contributed by atoms with E-state index in [1.165, 1.54) is 70.8 Å². The molecule has 0 spiro atoms. The number of allylic oxidation sites excluding steroid dienone is 3. The number of benzene rings is 2. The number of halogens is 2. The zero-order chi connectivity index (χ0) is 45.9. The largest absolute Gasteiger partial charge is 0.494 e. The summed E-state index contributed by atoms with van der Waals surface area (Å²) in [5.74, 6) is 1.68. The van der Waals surface area contributed by atoms with Gasteiger partial charge in [0.1, 0.15) is 11.5 Å². The van der Waals surface area contributed by atoms with Gasteiger partial charge in [0, 0.05) is 40.5 Å². The molecule has 0 fully saturated rings. The molecule has 2 aromatic carbocycles. The topological polar surface area (TPSA) is 74.8 Å². The number of nitrogens with zero attached hydrogens (tertiary/aromatic N) is 4. The predicted molar refractivity (Wildman–Crippen MR) is 274 cm³/mol. The summed E-state index contributed by atoms with van der Waals surface area (Å²) in [6.45, 7) is 7.02. The summed E-state index contributed by atoms with van der Waals surface area (Å²) < 4.78 is 14.4. The van der Waals surface area contributed by atoms with Crippen LogP contribution in [-0.2, 0) is 4.87 Å². The Balaban J connectivity index is 1.07. The highest BCUT2D eigenvalue weighted by molar-refractivity contribution is 6.39. The summed E-state index contributed by atoms with van der Waals surface area (Å²) in [6, 6.07) is 24.5. The molecule has 8 bridgehead atoms. The molecule has 8 nitrogen and oxygen atoms in total. The molecular formula is C55H72Cl2N6O2+2. The second-order valence-electron chi connectivity index (χ2n) is 19.8. The van der Waals surface area contributed by atoms with Crippen LogP contribution in [0.4, 0.5) is 0 Å². The number of rotatable bonds is 23. The van der Waals surface area contributed by atoms with Crippen molar-refractivity contribution >= 4 is 52.4 Å². The van der Waals surface area contributed by atoms with Crippen molar-refractivity contribution in [1.29, 1.82) is 0 Å². The Hall–Kier alpha value is -4.60. The lowest BCUT2D eigenvalue weighted by molar-refractivity contribution is -0.902. The molecule has 2 atom stereocenters. The minimum atomic E-state index is -1.34. The van der Waals surface area contributed by atoms with E-state index in [4.69, 9.17) is 42.7 Å². The zero-order valence-electron chi connectivity index (χ0n) is 39.8. The quantitative estimate of drug-likeness (QED) is 0.0337. The van der Waals surface area contributed by atoms with Crippen molar-refractivity contribution in [3.05, 3.63) is 136 Å². The molecule has 0 radical (unpaired) electrons. The zero-order valence-corrected chi connectivity index (χ0v) is 41.3. The highest BCUT2D eigenvalue weighted by Crippen LogP contribution is 2.52. The maximum atomic E-state index is 7.86. The van der Waals surface area contributed by atoms with Gasteiger partial charge in [-0.2, -0.15) is 0 Å². The van der Waals surface area contributed by atoms with Crippen LogP contribution in [0.15, 0.2) is 113 Å². The van der Waals surface area contributed by atoms with Gasteiger partial charge in [-0.3, -0.25) is 4.99 Å². The van der Waals surface area contributed by atoms with Crippen LogP contribution in [0.1, 0.15) is 106 Å². The van der Waals surface area contributed by atoms with Crippen LogP contribution in [0.3, 0.4) is 0 Å². The first-order valence-corrected chi connectivity index (χ1v) is 24.8. The molecule has 3 aliphatic heterocycles. The van der Waals surface area contributed by atoms with Crippen molar-refractivity contribution in [1.82, 2.24) is 9.97 Å². The Morgan fingerprint density at radius 2 is 1.26 bits per heavy atom. The van der Waals surface area contributed by atoms with Gasteiger partial charge in [0.2, 0.25) is 0 Å². The van der Waals surface area contributed by atoms with Gasteiger partial charge in [0.25, 0.3) is 0 Å². The van der Waals surface area contributed by atoms with Crippen molar-refractivity contribution in [3.8, 4) is 11.5 Å². The number of alkyl halides is 2. The van der Waals surface area contributed by atoms with Crippen LogP contribution < -0.4 is 20.2 Å². The third-order valence-corrected chi connectivity index (χ3v) is 14.1. The van der Waals surface area contributed by atoms with Crippen LogP contribution in [0.25, 0.3) is 17.7 Å². The minimum Gasteiger partial charge on any atom is -0.494 e. The van der Waals surface area contributed by atoms with Crippen molar-refractivity contribution < 1.29 is 18.4 Å². The van der Waals surface area contributed by atoms with Gasteiger partial charge < -0.3 is 28.4 Å². The van der Waals surface area contributed by atoms with Crippen LogP contribution in [-0.4, -0.2) is 103 Å². The minimum absolute atomic E-state index is 0.641. The number of aromatic nitrogens is 2. The van der Waals surface area contributed by atoms with E-state index < -0.39 is 9.87 Å². The molecule has 346 valence electrons. The van der Waals surface area contributed by atoms with Gasteiger partial charge in [-0.05, 0) is 103 Å². The molecule has 65 heavy (non-hydrogen) atoms. The van der Waals surface area contributed by atoms with Gasteiger partial charge in [0.15, 0.2) is 9.87 Å². The Morgan fingerprint density at radius 3 is 1.95 bits per heavy atom. The Labute approximate surface area is 398 Å². The third-order valence-electron chi connectivity index (χ3n) is 12.8. The van der Waals surface area contributed by atoms with Gasteiger partial charge >= 0.3 is 0 Å². The number of ether oxygens (including phenoxy) is 2. The van der Waals surface area contributed by atoms with Gasteiger partial charge in [-0.15, -0.1) is 11.6 Å². The van der Waals surface area contributed by atoms with E-state index in [0.717, 1.165) is 103 Å². The summed E-state index contributed by atoms with van der Waals surface area (Å²) in [7, 11) is 11.4. The van der Waals surface area contributed by atoms with Crippen LogP contribution in [0.5, 0.6) is 11.5 Å². The highest BCUT2D eigenvalue weighted by Gasteiger charge is 2.53. The molecule has 0 saturated carbocycles. The number of hydrogen-bond acceptors (Lipinski definition) is 4. The molecule has 0 saturated heterocycles. The molecule has 2 aromatic heterocycles. The van der Waals surface area contributed by atoms with Crippen molar-refractivity contribution in [2.24, 2.45) is 9.98 Å². The fourth-order valence-corrected chi connectivity index (χ4v) is 9.73. The second-order valence-corrected chi connectivity index (χ2v) is 21.0. The maximum absolute atomic E-state index is 7.86. The third kappa shape index (κ3) is 12.9. The van der Waals surface area contributed by atoms with E-state index in [-0.39, 0.29) is 0 Å². The lowest BCUT2D eigenvalue weighted by Crippen LogP contribution is -2.44. The molecule has 2 unspecified atom stereocenters. The first kappa shape index (κ1) is 48.3. The number of fused-ring (bicyclic) bond motifs is 6. The number of quaternary nitrogens is 2. The van der Waals surface area contributed by atoms with Crippen molar-refractivity contribution in [2.75, 3.05) is 68.1 Å². The SMILES string of the molecule is CCCCCCCCCCCCOc1ccc(C2=c3ccc([nH]3)=CC3=NC(Cl)(C=C3)C(Cl)(c3ccc(OCCC[N+](C)(C)CCC[N+](C)(C)C)cc3)c3ccc([nH]3)C=C3C=CC2=N3)cc1.